The molecule has 0 unspecified atom stereocenters. The monoisotopic (exact) mass is 260 g/mol. The van der Waals surface area contributed by atoms with E-state index in [0.29, 0.717) is 23.1 Å². The van der Waals surface area contributed by atoms with Crippen molar-refractivity contribution < 1.29 is 4.79 Å². The number of hydrogen-bond acceptors (Lipinski definition) is 4. The van der Waals surface area contributed by atoms with E-state index in [4.69, 9.17) is 5.73 Å². The minimum absolute atomic E-state index is 0.0312. The summed E-state index contributed by atoms with van der Waals surface area (Å²) in [6.45, 7) is 2.53. The lowest BCUT2D eigenvalue weighted by molar-refractivity contribution is -0.121. The first-order chi connectivity index (χ1) is 9.11. The number of nitrogens with two attached hydrogens (primary N) is 1. The van der Waals surface area contributed by atoms with Gasteiger partial charge >= 0.3 is 0 Å². The van der Waals surface area contributed by atoms with Crippen molar-refractivity contribution in [3.05, 3.63) is 34.9 Å². The third kappa shape index (κ3) is 2.90. The molecule has 6 heteroatoms. The second kappa shape index (κ2) is 5.51. The molecule has 3 N–H and O–H groups in total. The third-order valence-electron chi connectivity index (χ3n) is 2.73. The molecule has 0 spiro atoms. The molecule has 0 atom stereocenters. The SMILES string of the molecule is CCCNC(=O)Cn1cnc2ccc(N)cc2c1=O. The molecule has 2 rings (SSSR count). The highest BCUT2D eigenvalue weighted by atomic mass is 16.2. The number of fused-ring (bicyclic) bond motifs is 1. The Morgan fingerprint density at radius 2 is 2.26 bits per heavy atom. The minimum Gasteiger partial charge on any atom is -0.399 e. The molecule has 0 aliphatic heterocycles. The number of amides is 1. The summed E-state index contributed by atoms with van der Waals surface area (Å²) in [5.41, 5.74) is 6.47. The lowest BCUT2D eigenvalue weighted by Gasteiger charge is -2.07. The Balaban J connectivity index is 2.32. The number of anilines is 1. The zero-order chi connectivity index (χ0) is 13.8. The summed E-state index contributed by atoms with van der Waals surface area (Å²) in [4.78, 5) is 27.9. The smallest absolute Gasteiger partial charge is 0.261 e. The molecule has 0 bridgehead atoms. The minimum atomic E-state index is -0.260. The average Bonchev–Trinajstić information content (AvgIpc) is 2.40. The van der Waals surface area contributed by atoms with E-state index < -0.39 is 0 Å². The van der Waals surface area contributed by atoms with Gasteiger partial charge in [0, 0.05) is 12.2 Å². The molecule has 1 heterocycles. The Morgan fingerprint density at radius 1 is 1.47 bits per heavy atom. The molecule has 1 aromatic heterocycles. The van der Waals surface area contributed by atoms with Crippen LogP contribution < -0.4 is 16.6 Å². The van der Waals surface area contributed by atoms with Gasteiger partial charge in [-0.3, -0.25) is 14.2 Å². The van der Waals surface area contributed by atoms with E-state index in [-0.39, 0.29) is 18.0 Å². The van der Waals surface area contributed by atoms with Gasteiger partial charge in [-0.05, 0) is 24.6 Å². The van der Waals surface area contributed by atoms with Gasteiger partial charge in [0.2, 0.25) is 5.91 Å². The number of aromatic nitrogens is 2. The predicted molar refractivity (Wildman–Crippen MR) is 73.7 cm³/mol. The van der Waals surface area contributed by atoms with E-state index in [1.54, 1.807) is 18.2 Å². The molecule has 0 aliphatic rings. The van der Waals surface area contributed by atoms with E-state index in [1.165, 1.54) is 10.9 Å². The van der Waals surface area contributed by atoms with Crippen LogP contribution in [0.3, 0.4) is 0 Å². The van der Waals surface area contributed by atoms with Crippen LogP contribution in [0.5, 0.6) is 0 Å². The fourth-order valence-electron chi connectivity index (χ4n) is 1.76. The molecule has 0 fully saturated rings. The van der Waals surface area contributed by atoms with Gasteiger partial charge in [0.05, 0.1) is 17.2 Å². The van der Waals surface area contributed by atoms with Crippen molar-refractivity contribution in [2.24, 2.45) is 0 Å². The lowest BCUT2D eigenvalue weighted by atomic mass is 10.2. The number of nitrogens with zero attached hydrogens (tertiary/aromatic N) is 2. The summed E-state index contributed by atoms with van der Waals surface area (Å²) in [5, 5.41) is 3.14. The molecule has 1 aromatic carbocycles. The van der Waals surface area contributed by atoms with Crippen LogP contribution in [-0.4, -0.2) is 22.0 Å². The van der Waals surface area contributed by atoms with Crippen LogP contribution >= 0.6 is 0 Å². The van der Waals surface area contributed by atoms with Crippen molar-refractivity contribution in [1.82, 2.24) is 14.9 Å². The molecule has 19 heavy (non-hydrogen) atoms. The molecule has 0 saturated heterocycles. The van der Waals surface area contributed by atoms with E-state index in [1.807, 2.05) is 6.92 Å². The Hall–Kier alpha value is -2.37. The van der Waals surface area contributed by atoms with Crippen molar-refractivity contribution in [2.45, 2.75) is 19.9 Å². The Labute approximate surface area is 110 Å². The predicted octanol–water partition coefficient (Wildman–Crippen LogP) is 0.505. The molecular formula is C13H16N4O2. The number of nitrogens with one attached hydrogen (secondary N) is 1. The highest BCUT2D eigenvalue weighted by molar-refractivity contribution is 5.81. The van der Waals surface area contributed by atoms with Gasteiger partial charge in [-0.1, -0.05) is 6.92 Å². The highest BCUT2D eigenvalue weighted by Crippen LogP contribution is 2.10. The first-order valence-electron chi connectivity index (χ1n) is 6.13. The zero-order valence-electron chi connectivity index (χ0n) is 10.7. The molecule has 0 aliphatic carbocycles. The van der Waals surface area contributed by atoms with Crippen molar-refractivity contribution >= 4 is 22.5 Å². The summed E-state index contributed by atoms with van der Waals surface area (Å²) in [7, 11) is 0. The van der Waals surface area contributed by atoms with E-state index in [0.717, 1.165) is 6.42 Å². The maximum atomic E-state index is 12.2. The van der Waals surface area contributed by atoms with Crippen LogP contribution in [0.1, 0.15) is 13.3 Å². The summed E-state index contributed by atoms with van der Waals surface area (Å²) in [5.74, 6) is -0.200. The van der Waals surface area contributed by atoms with Gasteiger partial charge in [0.25, 0.3) is 5.56 Å². The van der Waals surface area contributed by atoms with Gasteiger partial charge in [-0.25, -0.2) is 4.98 Å². The topological polar surface area (TPSA) is 90.0 Å². The van der Waals surface area contributed by atoms with Crippen LogP contribution in [0, 0.1) is 0 Å². The summed E-state index contributed by atoms with van der Waals surface area (Å²) >= 11 is 0. The van der Waals surface area contributed by atoms with Crippen LogP contribution in [0.2, 0.25) is 0 Å². The van der Waals surface area contributed by atoms with Crippen LogP contribution in [-0.2, 0) is 11.3 Å². The third-order valence-corrected chi connectivity index (χ3v) is 2.73. The summed E-state index contributed by atoms with van der Waals surface area (Å²) in [6.07, 6.45) is 2.24. The number of hydrogen-bond donors (Lipinski definition) is 2. The van der Waals surface area contributed by atoms with Crippen molar-refractivity contribution in [3.63, 3.8) is 0 Å². The van der Waals surface area contributed by atoms with Crippen LogP contribution in [0.4, 0.5) is 5.69 Å². The largest absolute Gasteiger partial charge is 0.399 e. The maximum absolute atomic E-state index is 12.2. The second-order valence-electron chi connectivity index (χ2n) is 4.30. The second-order valence-corrected chi connectivity index (χ2v) is 4.30. The van der Waals surface area contributed by atoms with Gasteiger partial charge in [-0.2, -0.15) is 0 Å². The molecule has 0 radical (unpaired) electrons. The molecule has 2 aromatic rings. The Bertz CT molecular complexity index is 663. The van der Waals surface area contributed by atoms with Crippen LogP contribution in [0.15, 0.2) is 29.3 Å². The normalized spacial score (nSPS) is 10.6. The van der Waals surface area contributed by atoms with Crippen molar-refractivity contribution in [2.75, 3.05) is 12.3 Å². The molecule has 0 saturated carbocycles. The van der Waals surface area contributed by atoms with Gasteiger partial charge in [-0.15, -0.1) is 0 Å². The number of benzene rings is 1. The summed E-state index contributed by atoms with van der Waals surface area (Å²) < 4.78 is 1.28. The van der Waals surface area contributed by atoms with Gasteiger partial charge in [0.15, 0.2) is 0 Å². The fraction of sp³-hybridized carbons (Fsp3) is 0.308. The molecule has 100 valence electrons. The van der Waals surface area contributed by atoms with E-state index in [2.05, 4.69) is 10.3 Å². The first-order valence-corrected chi connectivity index (χ1v) is 6.13. The molecule has 6 nitrogen and oxygen atoms in total. The Morgan fingerprint density at radius 3 is 3.00 bits per heavy atom. The summed E-state index contributed by atoms with van der Waals surface area (Å²) in [6, 6.07) is 4.95. The quantitative estimate of drug-likeness (QED) is 0.783. The number of nitrogen functional groups attached to an aromatic ring is 1. The molecule has 1 amide bonds. The Kier molecular flexibility index (Phi) is 3.79. The van der Waals surface area contributed by atoms with Gasteiger partial charge in [0.1, 0.15) is 6.54 Å². The van der Waals surface area contributed by atoms with E-state index >= 15 is 0 Å². The number of rotatable bonds is 4. The van der Waals surface area contributed by atoms with Crippen molar-refractivity contribution in [1.29, 1.82) is 0 Å². The van der Waals surface area contributed by atoms with E-state index in [9.17, 15) is 9.59 Å². The van der Waals surface area contributed by atoms with Crippen LogP contribution in [0.25, 0.3) is 10.9 Å². The number of carbonyl (C=O) groups is 1. The fourth-order valence-corrected chi connectivity index (χ4v) is 1.76. The number of carbonyl (C=O) groups excluding carboxylic acids is 1. The first kappa shape index (κ1) is 13.1. The molecular weight excluding hydrogens is 244 g/mol. The lowest BCUT2D eigenvalue weighted by Crippen LogP contribution is -2.32. The van der Waals surface area contributed by atoms with Crippen molar-refractivity contribution in [3.8, 4) is 0 Å². The van der Waals surface area contributed by atoms with Gasteiger partial charge < -0.3 is 11.1 Å². The zero-order valence-corrected chi connectivity index (χ0v) is 10.7. The average molecular weight is 260 g/mol. The maximum Gasteiger partial charge on any atom is 0.261 e. The standard InChI is InChI=1S/C13H16N4O2/c1-2-5-15-12(18)7-17-8-16-11-4-3-9(14)6-10(11)13(17)19/h3-4,6,8H,2,5,7,14H2,1H3,(H,15,18). The highest BCUT2D eigenvalue weighted by Gasteiger charge is 2.07.